The predicted octanol–water partition coefficient (Wildman–Crippen LogP) is 12.2. The molecule has 0 unspecified atom stereocenters. The molecule has 8 nitrogen and oxygen atoms in total. The highest BCUT2D eigenvalue weighted by Gasteiger charge is 2.45. The van der Waals surface area contributed by atoms with Gasteiger partial charge >= 0.3 is 0 Å². The quantitative estimate of drug-likeness (QED) is 0.0601. The maximum Gasteiger partial charge on any atom is 0.263 e. The van der Waals surface area contributed by atoms with E-state index in [0.29, 0.717) is 49.9 Å². The minimum absolute atomic E-state index is 0.240. The number of nitrogens with one attached hydrogen (secondary N) is 1. The van der Waals surface area contributed by atoms with Gasteiger partial charge in [0.05, 0.1) is 16.6 Å². The minimum atomic E-state index is -0.375. The van der Waals surface area contributed by atoms with E-state index in [-0.39, 0.29) is 35.7 Å². The number of unbranched alkanes of at least 4 members (excludes halogenated alkanes) is 12. The molecule has 55 heavy (non-hydrogen) atoms. The highest BCUT2D eigenvalue weighted by Crippen LogP contribution is 2.45. The largest absolute Gasteiger partial charge is 0.337 e. The number of nitrogens with zero attached hydrogens (tertiary/aromatic N) is 3. The number of benzene rings is 3. The van der Waals surface area contributed by atoms with Crippen LogP contribution in [0, 0.1) is 0 Å². The summed E-state index contributed by atoms with van der Waals surface area (Å²) in [6, 6.07) is 12.7. The average molecular weight is 747 g/mol. The summed E-state index contributed by atoms with van der Waals surface area (Å²) in [6.07, 6.45) is 19.9. The van der Waals surface area contributed by atoms with Crippen LogP contribution in [0.1, 0.15) is 198 Å². The Morgan fingerprint density at radius 3 is 1.36 bits per heavy atom. The number of fused-ring (bicyclic) bond motifs is 3. The second-order valence-electron chi connectivity index (χ2n) is 16.0. The lowest BCUT2D eigenvalue weighted by Gasteiger charge is -2.37. The van der Waals surface area contributed by atoms with Gasteiger partial charge in [-0.05, 0) is 37.8 Å². The highest BCUT2D eigenvalue weighted by molar-refractivity contribution is 6.38. The first kappa shape index (κ1) is 40.3. The number of carbonyl (C=O) groups excluding carboxylic acids is 4. The Morgan fingerprint density at radius 2 is 0.927 bits per heavy atom. The third kappa shape index (κ3) is 8.29. The Kier molecular flexibility index (Phi) is 13.9. The molecule has 294 valence electrons. The van der Waals surface area contributed by atoms with Crippen molar-refractivity contribution in [1.29, 1.82) is 0 Å². The Morgan fingerprint density at radius 1 is 0.509 bits per heavy atom. The van der Waals surface area contributed by atoms with Crippen LogP contribution < -0.4 is 0 Å². The zero-order valence-electron chi connectivity index (χ0n) is 33.8. The Hall–Kier alpha value is -4.33. The fourth-order valence-corrected chi connectivity index (χ4v) is 8.99. The molecule has 3 heterocycles. The van der Waals surface area contributed by atoms with Crippen molar-refractivity contribution in [2.24, 2.45) is 0 Å². The number of hydrogen-bond donors (Lipinski definition) is 1. The van der Waals surface area contributed by atoms with Crippen LogP contribution >= 0.6 is 0 Å². The van der Waals surface area contributed by atoms with Crippen LogP contribution in [0.4, 0.5) is 0 Å². The first-order valence-electron chi connectivity index (χ1n) is 21.7. The van der Waals surface area contributed by atoms with Crippen molar-refractivity contribution < 1.29 is 19.2 Å². The zero-order valence-corrected chi connectivity index (χ0v) is 33.8. The third-order valence-corrected chi connectivity index (χ3v) is 12.0. The minimum Gasteiger partial charge on any atom is -0.337 e. The summed E-state index contributed by atoms with van der Waals surface area (Å²) >= 11 is 0. The van der Waals surface area contributed by atoms with Crippen molar-refractivity contribution >= 4 is 45.4 Å². The molecule has 8 heteroatoms. The van der Waals surface area contributed by atoms with E-state index in [1.54, 1.807) is 12.1 Å². The predicted molar refractivity (Wildman–Crippen MR) is 223 cm³/mol. The van der Waals surface area contributed by atoms with Crippen LogP contribution in [-0.4, -0.2) is 55.5 Å². The van der Waals surface area contributed by atoms with E-state index < -0.39 is 0 Å². The van der Waals surface area contributed by atoms with E-state index in [4.69, 9.17) is 4.98 Å². The average Bonchev–Trinajstić information content (AvgIpc) is 3.64. The summed E-state index contributed by atoms with van der Waals surface area (Å²) in [7, 11) is 0. The number of aromatic nitrogens is 2. The normalized spacial score (nSPS) is 14.2. The number of aromatic amines is 1. The van der Waals surface area contributed by atoms with Crippen molar-refractivity contribution in [3.63, 3.8) is 0 Å². The molecule has 0 saturated carbocycles. The summed E-state index contributed by atoms with van der Waals surface area (Å²) in [6.45, 7) is 8.74. The number of carbonyl (C=O) groups is 4. The van der Waals surface area contributed by atoms with Crippen molar-refractivity contribution in [3.8, 4) is 11.4 Å². The molecule has 0 aliphatic carbocycles. The maximum absolute atomic E-state index is 15.1. The van der Waals surface area contributed by atoms with Crippen LogP contribution in [0.2, 0.25) is 0 Å². The maximum atomic E-state index is 15.1. The van der Waals surface area contributed by atoms with Crippen molar-refractivity contribution in [1.82, 2.24) is 19.8 Å². The first-order chi connectivity index (χ1) is 26.9. The monoisotopic (exact) mass is 746 g/mol. The summed E-state index contributed by atoms with van der Waals surface area (Å²) < 4.78 is 0. The zero-order chi connectivity index (χ0) is 38.9. The number of amides is 4. The van der Waals surface area contributed by atoms with Crippen LogP contribution in [0.25, 0.3) is 33.2 Å². The van der Waals surface area contributed by atoms with Gasteiger partial charge in [0, 0.05) is 39.5 Å². The number of imidazole rings is 1. The van der Waals surface area contributed by atoms with Gasteiger partial charge in [-0.25, -0.2) is 4.98 Å². The summed E-state index contributed by atoms with van der Waals surface area (Å²) in [5.41, 5.74) is 3.09. The Labute approximate surface area is 327 Å². The second kappa shape index (κ2) is 19.0. The van der Waals surface area contributed by atoms with Crippen molar-refractivity contribution in [2.45, 2.75) is 168 Å². The van der Waals surface area contributed by atoms with Gasteiger partial charge in [-0.15, -0.1) is 0 Å². The van der Waals surface area contributed by atoms with Gasteiger partial charge in [-0.1, -0.05) is 161 Å². The molecule has 1 aromatic heterocycles. The van der Waals surface area contributed by atoms with E-state index in [1.807, 2.05) is 30.3 Å². The molecule has 2 aliphatic rings. The Bertz CT molecular complexity index is 1840. The molecule has 0 radical (unpaired) electrons. The molecule has 0 fully saturated rings. The third-order valence-electron chi connectivity index (χ3n) is 12.0. The standard InChI is InChI=1S/C47H62N4O4/c1-5-9-13-20-26-33(27-21-14-10-6-2)50-44(52)35-30-31-36-38-37(35)39(46(50)54)41-42(49-43(48-41)32-24-18-17-19-25-32)40(38)47(55)51(45(36)53)34(28-22-15-11-7-3)29-23-16-12-8-4/h17-19,24-25,30-31,33-34H,5-16,20-23,26-29H2,1-4H3,(H,48,49). The Balaban J connectivity index is 1.51. The molecule has 2 aliphatic heterocycles. The van der Waals surface area contributed by atoms with Gasteiger partial charge in [0.25, 0.3) is 23.6 Å². The van der Waals surface area contributed by atoms with Crippen LogP contribution in [0.3, 0.4) is 0 Å². The number of H-pyrrole nitrogens is 1. The van der Waals surface area contributed by atoms with Crippen LogP contribution in [-0.2, 0) is 0 Å². The van der Waals surface area contributed by atoms with Gasteiger partial charge in [0.2, 0.25) is 0 Å². The lowest BCUT2D eigenvalue weighted by atomic mass is 9.83. The van der Waals surface area contributed by atoms with Gasteiger partial charge in [-0.2, -0.15) is 0 Å². The van der Waals surface area contributed by atoms with Gasteiger partial charge < -0.3 is 4.98 Å². The molecular weight excluding hydrogens is 685 g/mol. The van der Waals surface area contributed by atoms with Crippen molar-refractivity contribution in [2.75, 3.05) is 0 Å². The summed E-state index contributed by atoms with van der Waals surface area (Å²) in [4.78, 5) is 71.1. The number of rotatable bonds is 23. The van der Waals surface area contributed by atoms with E-state index in [2.05, 4.69) is 32.7 Å². The van der Waals surface area contributed by atoms with E-state index in [9.17, 15) is 9.59 Å². The molecule has 3 aromatic carbocycles. The molecule has 6 rings (SSSR count). The fraction of sp³-hybridized carbons (Fsp3) is 0.553. The lowest BCUT2D eigenvalue weighted by molar-refractivity contribution is 0.0496. The fourth-order valence-electron chi connectivity index (χ4n) is 8.99. The molecular formula is C47H62N4O4. The second-order valence-corrected chi connectivity index (χ2v) is 16.0. The molecule has 0 spiro atoms. The van der Waals surface area contributed by atoms with E-state index in [0.717, 1.165) is 134 Å². The number of hydrogen-bond acceptors (Lipinski definition) is 5. The highest BCUT2D eigenvalue weighted by atomic mass is 16.2. The lowest BCUT2D eigenvalue weighted by Crippen LogP contribution is -2.49. The molecule has 4 aromatic rings. The van der Waals surface area contributed by atoms with Crippen LogP contribution in [0.15, 0.2) is 42.5 Å². The van der Waals surface area contributed by atoms with Crippen LogP contribution in [0.5, 0.6) is 0 Å². The smallest absolute Gasteiger partial charge is 0.263 e. The number of imide groups is 2. The van der Waals surface area contributed by atoms with E-state index in [1.165, 1.54) is 9.80 Å². The topological polar surface area (TPSA) is 103 Å². The van der Waals surface area contributed by atoms with Crippen molar-refractivity contribution in [3.05, 3.63) is 64.7 Å². The molecule has 4 amide bonds. The summed E-state index contributed by atoms with van der Waals surface area (Å²) in [5, 5.41) is 0.811. The van der Waals surface area contributed by atoms with E-state index >= 15 is 9.59 Å². The van der Waals surface area contributed by atoms with Gasteiger partial charge in [-0.3, -0.25) is 29.0 Å². The molecule has 0 bridgehead atoms. The SMILES string of the molecule is CCCCCCC(CCCCCC)N1C(=O)c2ccc3c4c(c5[nH]c(-c6ccccc6)nc5c(c24)C1=O)C(=O)N(C(CCCCCC)CCCCCC)C3=O. The van der Waals surface area contributed by atoms with Gasteiger partial charge in [0.1, 0.15) is 11.3 Å². The first-order valence-corrected chi connectivity index (χ1v) is 21.7. The summed E-state index contributed by atoms with van der Waals surface area (Å²) in [5.74, 6) is -0.866. The molecule has 0 atom stereocenters. The molecule has 0 saturated heterocycles. The van der Waals surface area contributed by atoms with Gasteiger partial charge in [0.15, 0.2) is 0 Å². The molecule has 1 N–H and O–H groups in total.